The van der Waals surface area contributed by atoms with Gasteiger partial charge >= 0.3 is 12.2 Å². The summed E-state index contributed by atoms with van der Waals surface area (Å²) in [5, 5.41) is 5.45. The SMILES string of the molecule is COCCN1CN(C(=O)Nc2cn(C)nc2C(F)(F)F)CC1=O. The Morgan fingerprint density at radius 3 is 2.78 bits per heavy atom. The van der Waals surface area contributed by atoms with Gasteiger partial charge in [-0.15, -0.1) is 0 Å². The van der Waals surface area contributed by atoms with Crippen molar-refractivity contribution >= 4 is 17.6 Å². The minimum Gasteiger partial charge on any atom is -0.383 e. The average molecular weight is 335 g/mol. The maximum Gasteiger partial charge on any atom is 0.437 e. The molecule has 0 aromatic carbocycles. The number of aromatic nitrogens is 2. The molecule has 23 heavy (non-hydrogen) atoms. The van der Waals surface area contributed by atoms with Crippen molar-refractivity contribution in [2.45, 2.75) is 6.18 Å². The minimum atomic E-state index is -4.69. The normalized spacial score (nSPS) is 15.4. The molecule has 3 amide bonds. The number of carbonyl (C=O) groups excluding carboxylic acids is 2. The van der Waals surface area contributed by atoms with E-state index < -0.39 is 23.6 Å². The summed E-state index contributed by atoms with van der Waals surface area (Å²) in [7, 11) is 2.79. The van der Waals surface area contributed by atoms with Crippen molar-refractivity contribution in [2.24, 2.45) is 7.05 Å². The monoisotopic (exact) mass is 335 g/mol. The Bertz CT molecular complexity index is 601. The Morgan fingerprint density at radius 2 is 2.17 bits per heavy atom. The molecule has 0 saturated carbocycles. The summed E-state index contributed by atoms with van der Waals surface area (Å²) >= 11 is 0. The maximum atomic E-state index is 12.8. The Hall–Kier alpha value is -2.30. The van der Waals surface area contributed by atoms with E-state index in [9.17, 15) is 22.8 Å². The minimum absolute atomic E-state index is 0.00433. The Kier molecular flexibility index (Phi) is 4.78. The van der Waals surface area contributed by atoms with Crippen LogP contribution in [0.5, 0.6) is 0 Å². The topological polar surface area (TPSA) is 79.7 Å². The summed E-state index contributed by atoms with van der Waals surface area (Å²) in [6.07, 6.45) is -3.63. The summed E-state index contributed by atoms with van der Waals surface area (Å²) in [6, 6.07) is -0.795. The largest absolute Gasteiger partial charge is 0.437 e. The van der Waals surface area contributed by atoms with Crippen LogP contribution in [-0.4, -0.2) is 65.0 Å². The molecule has 1 aromatic heterocycles. The highest BCUT2D eigenvalue weighted by Crippen LogP contribution is 2.33. The lowest BCUT2D eigenvalue weighted by atomic mass is 10.3. The number of nitrogens with one attached hydrogen (secondary N) is 1. The Morgan fingerprint density at radius 1 is 1.48 bits per heavy atom. The highest BCUT2D eigenvalue weighted by molar-refractivity contribution is 5.94. The van der Waals surface area contributed by atoms with E-state index in [1.54, 1.807) is 0 Å². The molecule has 0 unspecified atom stereocenters. The zero-order valence-electron chi connectivity index (χ0n) is 12.6. The summed E-state index contributed by atoms with van der Waals surface area (Å²) < 4.78 is 44.3. The van der Waals surface area contributed by atoms with Crippen LogP contribution in [-0.2, 0) is 22.8 Å². The van der Waals surface area contributed by atoms with Crippen molar-refractivity contribution in [2.75, 3.05) is 38.8 Å². The first-order chi connectivity index (χ1) is 10.7. The molecule has 1 aliphatic rings. The van der Waals surface area contributed by atoms with Gasteiger partial charge in [0.15, 0.2) is 5.69 Å². The fraction of sp³-hybridized carbons (Fsp3) is 0.583. The molecule has 2 heterocycles. The number of halogens is 3. The van der Waals surface area contributed by atoms with Gasteiger partial charge in [0.05, 0.1) is 19.0 Å². The van der Waals surface area contributed by atoms with Crippen LogP contribution in [0.3, 0.4) is 0 Å². The summed E-state index contributed by atoms with van der Waals surface area (Å²) in [6.45, 7) is 0.411. The maximum absolute atomic E-state index is 12.8. The number of carbonyl (C=O) groups is 2. The van der Waals surface area contributed by atoms with Gasteiger partial charge in [-0.25, -0.2) is 4.79 Å². The lowest BCUT2D eigenvalue weighted by Crippen LogP contribution is -2.35. The van der Waals surface area contributed by atoms with E-state index >= 15 is 0 Å². The number of nitrogens with zero attached hydrogens (tertiary/aromatic N) is 4. The number of rotatable bonds is 4. The fourth-order valence-corrected chi connectivity index (χ4v) is 2.11. The molecule has 0 spiro atoms. The van der Waals surface area contributed by atoms with Crippen LogP contribution in [0, 0.1) is 0 Å². The van der Waals surface area contributed by atoms with Crippen molar-refractivity contribution in [1.82, 2.24) is 19.6 Å². The second-order valence-electron chi connectivity index (χ2n) is 4.98. The number of methoxy groups -OCH3 is 1. The third-order valence-corrected chi connectivity index (χ3v) is 3.21. The van der Waals surface area contributed by atoms with Crippen molar-refractivity contribution in [1.29, 1.82) is 0 Å². The van der Waals surface area contributed by atoms with Gasteiger partial charge in [0.25, 0.3) is 0 Å². The first-order valence-electron chi connectivity index (χ1n) is 6.66. The number of urea groups is 1. The van der Waals surface area contributed by atoms with Gasteiger partial charge in [-0.1, -0.05) is 0 Å². The van der Waals surface area contributed by atoms with Crippen LogP contribution >= 0.6 is 0 Å². The van der Waals surface area contributed by atoms with Crippen molar-refractivity contribution < 1.29 is 27.5 Å². The smallest absolute Gasteiger partial charge is 0.383 e. The molecule has 0 radical (unpaired) electrons. The van der Waals surface area contributed by atoms with Gasteiger partial charge in [-0.2, -0.15) is 18.3 Å². The molecular weight excluding hydrogens is 319 g/mol. The summed E-state index contributed by atoms with van der Waals surface area (Å²) in [4.78, 5) is 26.3. The molecule has 0 atom stereocenters. The van der Waals surface area contributed by atoms with E-state index in [1.165, 1.54) is 19.1 Å². The molecule has 1 aliphatic heterocycles. The molecule has 0 aliphatic carbocycles. The van der Waals surface area contributed by atoms with E-state index in [-0.39, 0.29) is 19.1 Å². The van der Waals surface area contributed by atoms with E-state index in [4.69, 9.17) is 4.74 Å². The number of anilines is 1. The first kappa shape index (κ1) is 17.1. The zero-order chi connectivity index (χ0) is 17.2. The molecular formula is C12H16F3N5O3. The molecule has 0 bridgehead atoms. The van der Waals surface area contributed by atoms with E-state index in [2.05, 4.69) is 10.4 Å². The first-order valence-corrected chi connectivity index (χ1v) is 6.66. The van der Waals surface area contributed by atoms with E-state index in [1.807, 2.05) is 0 Å². The molecule has 8 nitrogen and oxygen atoms in total. The highest BCUT2D eigenvalue weighted by Gasteiger charge is 2.38. The molecule has 1 N–H and O–H groups in total. The lowest BCUT2D eigenvalue weighted by Gasteiger charge is -2.18. The van der Waals surface area contributed by atoms with Gasteiger partial charge < -0.3 is 15.0 Å². The quantitative estimate of drug-likeness (QED) is 0.879. The number of alkyl halides is 3. The van der Waals surface area contributed by atoms with Gasteiger partial charge in [-0.3, -0.25) is 14.4 Å². The van der Waals surface area contributed by atoms with Crippen LogP contribution in [0.25, 0.3) is 0 Å². The van der Waals surface area contributed by atoms with Crippen molar-refractivity contribution in [3.8, 4) is 0 Å². The van der Waals surface area contributed by atoms with Crippen molar-refractivity contribution in [3.05, 3.63) is 11.9 Å². The number of aryl methyl sites for hydroxylation is 1. The predicted molar refractivity (Wildman–Crippen MR) is 72.4 cm³/mol. The third-order valence-electron chi connectivity index (χ3n) is 3.21. The van der Waals surface area contributed by atoms with Gasteiger partial charge in [0.1, 0.15) is 6.54 Å². The molecule has 11 heteroatoms. The highest BCUT2D eigenvalue weighted by atomic mass is 19.4. The second-order valence-corrected chi connectivity index (χ2v) is 4.98. The average Bonchev–Trinajstić information content (AvgIpc) is 2.99. The van der Waals surface area contributed by atoms with Gasteiger partial charge in [0.2, 0.25) is 5.91 Å². The predicted octanol–water partition coefficient (Wildman–Crippen LogP) is 0.719. The van der Waals surface area contributed by atoms with Crippen LogP contribution in [0.2, 0.25) is 0 Å². The second kappa shape index (κ2) is 6.44. The third kappa shape index (κ3) is 3.92. The number of amides is 3. The van der Waals surface area contributed by atoms with Crippen LogP contribution < -0.4 is 5.32 Å². The molecule has 1 aromatic rings. The van der Waals surface area contributed by atoms with E-state index in [0.717, 1.165) is 15.8 Å². The van der Waals surface area contributed by atoms with Crippen LogP contribution in [0.4, 0.5) is 23.7 Å². The molecule has 2 rings (SSSR count). The lowest BCUT2D eigenvalue weighted by molar-refractivity contribution is -0.140. The Labute approximate surface area is 129 Å². The van der Waals surface area contributed by atoms with Gasteiger partial charge in [0, 0.05) is 26.9 Å². The fourth-order valence-electron chi connectivity index (χ4n) is 2.11. The van der Waals surface area contributed by atoms with E-state index in [0.29, 0.717) is 13.2 Å². The van der Waals surface area contributed by atoms with Crippen molar-refractivity contribution in [3.63, 3.8) is 0 Å². The molecule has 1 saturated heterocycles. The van der Waals surface area contributed by atoms with Crippen LogP contribution in [0.1, 0.15) is 5.69 Å². The number of hydrogen-bond donors (Lipinski definition) is 1. The zero-order valence-corrected chi connectivity index (χ0v) is 12.6. The Balaban J connectivity index is 2.05. The van der Waals surface area contributed by atoms with Gasteiger partial charge in [-0.05, 0) is 0 Å². The molecule has 128 valence electrons. The molecule has 1 fully saturated rings. The number of hydrogen-bond acceptors (Lipinski definition) is 4. The van der Waals surface area contributed by atoms with Crippen LogP contribution in [0.15, 0.2) is 6.20 Å². The summed E-state index contributed by atoms with van der Waals surface area (Å²) in [5.74, 6) is -0.292. The standard InChI is InChI=1S/C12H16F3N5O3/c1-18-5-8(10(17-18)12(13,14)15)16-11(22)20-6-9(21)19(7-20)3-4-23-2/h5H,3-4,6-7H2,1-2H3,(H,16,22). The summed E-state index contributed by atoms with van der Waals surface area (Å²) in [5.41, 5.74) is -1.64. The number of ether oxygens (including phenoxy) is 1.